The average Bonchev–Trinajstić information content (AvgIpc) is 2.61. The molecule has 0 atom stereocenters. The number of hydrogen-bond donors (Lipinski definition) is 1. The molecule has 1 aromatic carbocycles. The fraction of sp³-hybridized carbons (Fsp3) is 0.308. The zero-order chi connectivity index (χ0) is 11.4. The highest BCUT2D eigenvalue weighted by atomic mass is 16.1. The lowest BCUT2D eigenvalue weighted by atomic mass is 10.1. The largest absolute Gasteiger partial charge is 0.358 e. The van der Waals surface area contributed by atoms with Crippen LogP contribution in [0.2, 0.25) is 0 Å². The number of rotatable bonds is 4. The van der Waals surface area contributed by atoms with Gasteiger partial charge < -0.3 is 4.98 Å². The summed E-state index contributed by atoms with van der Waals surface area (Å²) in [6, 6.07) is 8.27. The quantitative estimate of drug-likeness (QED) is 0.474. The Kier molecular flexibility index (Phi) is 3.18. The number of fused-ring (bicyclic) bond motifs is 1. The number of aromatic amines is 1. The first-order valence-electron chi connectivity index (χ1n) is 5.42. The molecule has 3 nitrogen and oxygen atoms in total. The highest BCUT2D eigenvalue weighted by Crippen LogP contribution is 2.22. The number of isocyanates is 1. The van der Waals surface area contributed by atoms with Gasteiger partial charge in [0.25, 0.3) is 0 Å². The number of nitrogens with zero attached hydrogens (tertiary/aromatic N) is 1. The summed E-state index contributed by atoms with van der Waals surface area (Å²) in [5.41, 5.74) is 3.71. The third-order valence-electron chi connectivity index (χ3n) is 2.79. The van der Waals surface area contributed by atoms with Gasteiger partial charge in [-0.25, -0.2) is 9.79 Å². The highest BCUT2D eigenvalue weighted by Gasteiger charge is 2.06. The second kappa shape index (κ2) is 4.77. The molecule has 0 amide bonds. The smallest absolute Gasteiger partial charge is 0.234 e. The Morgan fingerprint density at radius 3 is 3.00 bits per heavy atom. The molecule has 3 heteroatoms. The molecule has 2 aromatic rings. The number of nitrogens with one attached hydrogen (secondary N) is 1. The van der Waals surface area contributed by atoms with Crippen LogP contribution >= 0.6 is 0 Å². The van der Waals surface area contributed by atoms with Crippen LogP contribution in [0, 0.1) is 6.92 Å². The van der Waals surface area contributed by atoms with Gasteiger partial charge in [-0.1, -0.05) is 18.2 Å². The molecule has 0 saturated carbocycles. The first-order valence-corrected chi connectivity index (χ1v) is 5.42. The van der Waals surface area contributed by atoms with E-state index in [1.54, 1.807) is 6.08 Å². The molecule has 2 rings (SSSR count). The molecule has 0 aliphatic carbocycles. The van der Waals surface area contributed by atoms with Gasteiger partial charge in [-0.3, -0.25) is 0 Å². The van der Waals surface area contributed by atoms with Crippen molar-refractivity contribution in [1.82, 2.24) is 4.98 Å². The molecule has 0 spiro atoms. The molecule has 1 heterocycles. The number of benzene rings is 1. The summed E-state index contributed by atoms with van der Waals surface area (Å²) in [6.45, 7) is 2.64. The molecule has 82 valence electrons. The Morgan fingerprint density at radius 1 is 1.38 bits per heavy atom. The van der Waals surface area contributed by atoms with E-state index in [9.17, 15) is 4.79 Å². The third kappa shape index (κ3) is 2.05. The Labute approximate surface area is 94.2 Å². The maximum atomic E-state index is 9.95. The van der Waals surface area contributed by atoms with Gasteiger partial charge in [0.05, 0.1) is 6.54 Å². The summed E-state index contributed by atoms with van der Waals surface area (Å²) >= 11 is 0. The van der Waals surface area contributed by atoms with E-state index in [4.69, 9.17) is 0 Å². The predicted molar refractivity (Wildman–Crippen MR) is 64.3 cm³/mol. The molecule has 0 aliphatic heterocycles. The van der Waals surface area contributed by atoms with Gasteiger partial charge in [-0.15, -0.1) is 0 Å². The van der Waals surface area contributed by atoms with Crippen LogP contribution in [0.3, 0.4) is 0 Å². The fourth-order valence-corrected chi connectivity index (χ4v) is 2.04. The highest BCUT2D eigenvalue weighted by molar-refractivity contribution is 5.84. The van der Waals surface area contributed by atoms with Gasteiger partial charge in [0.2, 0.25) is 6.08 Å². The SMILES string of the molecule is Cc1[nH]c2ccccc2c1CCCN=C=O. The van der Waals surface area contributed by atoms with Crippen LogP contribution in [0.5, 0.6) is 0 Å². The molecule has 16 heavy (non-hydrogen) atoms. The maximum Gasteiger partial charge on any atom is 0.234 e. The Balaban J connectivity index is 2.22. The number of aliphatic imine (C=N–C) groups is 1. The molecule has 0 radical (unpaired) electrons. The van der Waals surface area contributed by atoms with Crippen molar-refractivity contribution >= 4 is 17.0 Å². The summed E-state index contributed by atoms with van der Waals surface area (Å²) in [4.78, 5) is 16.9. The summed E-state index contributed by atoms with van der Waals surface area (Å²) < 4.78 is 0. The lowest BCUT2D eigenvalue weighted by Gasteiger charge is -1.98. The molecule has 0 fully saturated rings. The van der Waals surface area contributed by atoms with Crippen molar-refractivity contribution in [2.24, 2.45) is 4.99 Å². The van der Waals surface area contributed by atoms with Crippen LogP contribution in [-0.4, -0.2) is 17.6 Å². The predicted octanol–water partition coefficient (Wildman–Crippen LogP) is 2.74. The Morgan fingerprint density at radius 2 is 2.19 bits per heavy atom. The molecule has 1 aromatic heterocycles. The first kappa shape index (κ1) is 10.7. The number of carbonyl (C=O) groups excluding carboxylic acids is 1. The fourth-order valence-electron chi connectivity index (χ4n) is 2.04. The van der Waals surface area contributed by atoms with E-state index >= 15 is 0 Å². The zero-order valence-electron chi connectivity index (χ0n) is 9.29. The number of aryl methyl sites for hydroxylation is 2. The third-order valence-corrected chi connectivity index (χ3v) is 2.79. The van der Waals surface area contributed by atoms with E-state index in [-0.39, 0.29) is 0 Å². The van der Waals surface area contributed by atoms with Crippen LogP contribution in [0.1, 0.15) is 17.7 Å². The zero-order valence-corrected chi connectivity index (χ0v) is 9.29. The Bertz CT molecular complexity index is 536. The maximum absolute atomic E-state index is 9.95. The van der Waals surface area contributed by atoms with E-state index in [0.717, 1.165) is 12.8 Å². The summed E-state index contributed by atoms with van der Waals surface area (Å²) in [6.07, 6.45) is 3.40. The van der Waals surface area contributed by atoms with Crippen molar-refractivity contribution in [3.63, 3.8) is 0 Å². The number of aromatic nitrogens is 1. The summed E-state index contributed by atoms with van der Waals surface area (Å²) in [5, 5.41) is 1.27. The molecule has 0 bridgehead atoms. The number of H-pyrrole nitrogens is 1. The normalized spacial score (nSPS) is 10.3. The monoisotopic (exact) mass is 214 g/mol. The minimum absolute atomic E-state index is 0.558. The van der Waals surface area contributed by atoms with Gasteiger partial charge in [0.1, 0.15) is 0 Å². The van der Waals surface area contributed by atoms with Gasteiger partial charge in [0, 0.05) is 16.6 Å². The van der Waals surface area contributed by atoms with E-state index < -0.39 is 0 Å². The van der Waals surface area contributed by atoms with Crippen LogP contribution in [0.4, 0.5) is 0 Å². The van der Waals surface area contributed by atoms with Gasteiger partial charge in [-0.05, 0) is 31.4 Å². The second-order valence-electron chi connectivity index (χ2n) is 3.85. The van der Waals surface area contributed by atoms with Gasteiger partial charge in [-0.2, -0.15) is 0 Å². The molecule has 0 aliphatic rings. The molecular weight excluding hydrogens is 200 g/mol. The van der Waals surface area contributed by atoms with E-state index in [0.29, 0.717) is 6.54 Å². The van der Waals surface area contributed by atoms with Crippen molar-refractivity contribution in [1.29, 1.82) is 0 Å². The van der Waals surface area contributed by atoms with Crippen LogP contribution < -0.4 is 0 Å². The van der Waals surface area contributed by atoms with Gasteiger partial charge >= 0.3 is 0 Å². The van der Waals surface area contributed by atoms with Crippen molar-refractivity contribution < 1.29 is 4.79 Å². The summed E-state index contributed by atoms with van der Waals surface area (Å²) in [7, 11) is 0. The first-order chi connectivity index (χ1) is 7.83. The van der Waals surface area contributed by atoms with Crippen LogP contribution in [-0.2, 0) is 11.2 Å². The molecule has 1 N–H and O–H groups in total. The molecule has 0 saturated heterocycles. The van der Waals surface area contributed by atoms with Crippen molar-refractivity contribution in [2.45, 2.75) is 19.8 Å². The molecular formula is C13H14N2O. The lowest BCUT2D eigenvalue weighted by Crippen LogP contribution is -1.89. The van der Waals surface area contributed by atoms with Crippen LogP contribution in [0.15, 0.2) is 29.3 Å². The summed E-state index contributed by atoms with van der Waals surface area (Å²) in [5.74, 6) is 0. The van der Waals surface area contributed by atoms with E-state index in [1.165, 1.54) is 22.2 Å². The van der Waals surface area contributed by atoms with E-state index in [2.05, 4.69) is 29.0 Å². The van der Waals surface area contributed by atoms with Crippen molar-refractivity contribution in [3.05, 3.63) is 35.5 Å². The van der Waals surface area contributed by atoms with Crippen LogP contribution in [0.25, 0.3) is 10.9 Å². The van der Waals surface area contributed by atoms with Gasteiger partial charge in [0.15, 0.2) is 0 Å². The average molecular weight is 214 g/mol. The minimum Gasteiger partial charge on any atom is -0.358 e. The molecule has 0 unspecified atom stereocenters. The second-order valence-corrected chi connectivity index (χ2v) is 3.85. The van der Waals surface area contributed by atoms with E-state index in [1.807, 2.05) is 12.1 Å². The topological polar surface area (TPSA) is 45.2 Å². The number of hydrogen-bond acceptors (Lipinski definition) is 2. The van der Waals surface area contributed by atoms with Crippen molar-refractivity contribution in [2.75, 3.05) is 6.54 Å². The Hall–Kier alpha value is -1.86. The van der Waals surface area contributed by atoms with Crippen molar-refractivity contribution in [3.8, 4) is 0 Å². The standard InChI is InChI=1S/C13H14N2O/c1-10-11(6-4-8-14-9-16)12-5-2-3-7-13(12)15-10/h2-3,5,7,15H,4,6,8H2,1H3. The number of para-hydroxylation sites is 1. The lowest BCUT2D eigenvalue weighted by molar-refractivity contribution is 0.562. The minimum atomic E-state index is 0.558.